The van der Waals surface area contributed by atoms with Crippen LogP contribution < -0.4 is 5.32 Å². The van der Waals surface area contributed by atoms with E-state index in [0.717, 1.165) is 4.90 Å². The van der Waals surface area contributed by atoms with Crippen LogP contribution >= 0.6 is 11.6 Å². The number of aliphatic imine (C=N–C) groups is 1. The van der Waals surface area contributed by atoms with Crippen LogP contribution in [0.25, 0.3) is 0 Å². The summed E-state index contributed by atoms with van der Waals surface area (Å²) < 4.78 is 41.1. The zero-order chi connectivity index (χ0) is 16.0. The first-order valence-electron chi connectivity index (χ1n) is 6.22. The summed E-state index contributed by atoms with van der Waals surface area (Å²) in [4.78, 5) is 16.8. The number of alkyl halides is 3. The Morgan fingerprint density at radius 2 is 1.86 bits per heavy atom. The average Bonchev–Trinajstić information content (AvgIpc) is 2.47. The number of halogens is 4. The smallest absolute Gasteiger partial charge is 0.301 e. The highest BCUT2D eigenvalue weighted by atomic mass is 35.5. The van der Waals surface area contributed by atoms with E-state index in [1.54, 1.807) is 6.07 Å². The number of nitrogens with one attached hydrogen (secondary N) is 1. The second kappa shape index (κ2) is 4.88. The van der Waals surface area contributed by atoms with Gasteiger partial charge in [-0.2, -0.15) is 13.2 Å². The third kappa shape index (κ3) is 2.18. The summed E-state index contributed by atoms with van der Waals surface area (Å²) in [5, 5.41) is 2.16. The van der Waals surface area contributed by atoms with Gasteiger partial charge in [-0.05, 0) is 12.2 Å². The summed E-state index contributed by atoms with van der Waals surface area (Å²) in [6.45, 7) is 0. The van der Waals surface area contributed by atoms with Crippen molar-refractivity contribution in [1.29, 1.82) is 0 Å². The molecule has 0 bridgehead atoms. The number of rotatable bonds is 1. The molecule has 0 saturated carbocycles. The SMILES string of the molecule is O=C1NC(c2ccccc2)(C(F)(F)F)N=C2C=CC(Cl)=CN12. The molecule has 114 valence electrons. The lowest BCUT2D eigenvalue weighted by Gasteiger charge is -2.40. The van der Waals surface area contributed by atoms with E-state index >= 15 is 0 Å². The number of benzene rings is 1. The van der Waals surface area contributed by atoms with Crippen molar-refractivity contribution in [3.8, 4) is 0 Å². The number of nitrogens with zero attached hydrogens (tertiary/aromatic N) is 2. The number of hydrogen-bond acceptors (Lipinski definition) is 2. The number of urea groups is 1. The fourth-order valence-corrected chi connectivity index (χ4v) is 2.41. The molecule has 1 unspecified atom stereocenters. The molecule has 2 aliphatic rings. The van der Waals surface area contributed by atoms with E-state index in [9.17, 15) is 18.0 Å². The van der Waals surface area contributed by atoms with Gasteiger partial charge in [-0.25, -0.2) is 9.79 Å². The maximum Gasteiger partial charge on any atom is 0.436 e. The minimum atomic E-state index is -4.80. The van der Waals surface area contributed by atoms with Gasteiger partial charge in [0.15, 0.2) is 0 Å². The van der Waals surface area contributed by atoms with Crippen molar-refractivity contribution < 1.29 is 18.0 Å². The van der Waals surface area contributed by atoms with Crippen LogP contribution in [0.15, 0.2) is 58.7 Å². The minimum absolute atomic E-state index is 0.130. The van der Waals surface area contributed by atoms with Gasteiger partial charge >= 0.3 is 12.2 Å². The summed E-state index contributed by atoms with van der Waals surface area (Å²) in [5.74, 6) is -0.130. The number of allylic oxidation sites excluding steroid dienone is 2. The molecule has 3 rings (SSSR count). The molecule has 1 aromatic rings. The summed E-state index contributed by atoms with van der Waals surface area (Å²) >= 11 is 5.76. The topological polar surface area (TPSA) is 44.7 Å². The van der Waals surface area contributed by atoms with Crippen LogP contribution in [-0.2, 0) is 5.66 Å². The fourth-order valence-electron chi connectivity index (χ4n) is 2.25. The Kier molecular flexibility index (Phi) is 3.25. The third-order valence-corrected chi connectivity index (χ3v) is 3.51. The van der Waals surface area contributed by atoms with Crippen molar-refractivity contribution in [1.82, 2.24) is 10.2 Å². The number of hydrogen-bond donors (Lipinski definition) is 1. The Labute approximate surface area is 128 Å². The normalized spacial score (nSPS) is 24.4. The van der Waals surface area contributed by atoms with Crippen LogP contribution in [0.2, 0.25) is 0 Å². The highest BCUT2D eigenvalue weighted by molar-refractivity contribution is 6.32. The Morgan fingerprint density at radius 1 is 1.18 bits per heavy atom. The highest BCUT2D eigenvalue weighted by Gasteiger charge is 2.60. The van der Waals surface area contributed by atoms with E-state index in [4.69, 9.17) is 11.6 Å². The second-order valence-electron chi connectivity index (χ2n) is 4.69. The molecule has 0 radical (unpaired) electrons. The molecule has 1 N–H and O–H groups in total. The quantitative estimate of drug-likeness (QED) is 0.843. The summed E-state index contributed by atoms with van der Waals surface area (Å²) in [6, 6.07) is 6.07. The molecule has 0 aliphatic carbocycles. The Bertz CT molecular complexity index is 712. The van der Waals surface area contributed by atoms with Crippen molar-refractivity contribution in [2.75, 3.05) is 0 Å². The number of fused-ring (bicyclic) bond motifs is 1. The number of carbonyl (C=O) groups excluding carboxylic acids is 1. The second-order valence-corrected chi connectivity index (χ2v) is 5.13. The molecular formula is C14H9ClF3N3O. The molecule has 2 amide bonds. The van der Waals surface area contributed by atoms with E-state index in [-0.39, 0.29) is 16.4 Å². The van der Waals surface area contributed by atoms with Crippen molar-refractivity contribution in [2.45, 2.75) is 11.8 Å². The first-order valence-corrected chi connectivity index (χ1v) is 6.60. The van der Waals surface area contributed by atoms with Crippen molar-refractivity contribution in [3.05, 3.63) is 59.3 Å². The van der Waals surface area contributed by atoms with Gasteiger partial charge in [0.25, 0.3) is 5.66 Å². The number of amides is 2. The Hall–Kier alpha value is -2.28. The largest absolute Gasteiger partial charge is 0.436 e. The van der Waals surface area contributed by atoms with Gasteiger partial charge in [0.05, 0.1) is 5.03 Å². The van der Waals surface area contributed by atoms with Crippen LogP contribution in [0.4, 0.5) is 18.0 Å². The highest BCUT2D eigenvalue weighted by Crippen LogP contribution is 2.42. The summed E-state index contributed by atoms with van der Waals surface area (Å²) in [7, 11) is 0. The fraction of sp³-hybridized carbons (Fsp3) is 0.143. The maximum absolute atomic E-state index is 13.7. The van der Waals surface area contributed by atoms with Crippen LogP contribution in [0.5, 0.6) is 0 Å². The first kappa shape index (κ1) is 14.6. The lowest BCUT2D eigenvalue weighted by molar-refractivity contribution is -0.196. The predicted octanol–water partition coefficient (Wildman–Crippen LogP) is 3.48. The molecule has 1 aromatic carbocycles. The average molecular weight is 328 g/mol. The zero-order valence-corrected chi connectivity index (χ0v) is 11.7. The van der Waals surface area contributed by atoms with Crippen molar-refractivity contribution in [2.24, 2.45) is 4.99 Å². The van der Waals surface area contributed by atoms with Crippen LogP contribution in [0.3, 0.4) is 0 Å². The third-order valence-electron chi connectivity index (χ3n) is 3.28. The Morgan fingerprint density at radius 3 is 2.50 bits per heavy atom. The minimum Gasteiger partial charge on any atom is -0.301 e. The predicted molar refractivity (Wildman–Crippen MR) is 75.1 cm³/mol. The molecule has 8 heteroatoms. The van der Waals surface area contributed by atoms with E-state index < -0.39 is 17.9 Å². The van der Waals surface area contributed by atoms with E-state index in [2.05, 4.69) is 4.99 Å². The molecule has 4 nitrogen and oxygen atoms in total. The van der Waals surface area contributed by atoms with E-state index in [1.807, 2.05) is 5.32 Å². The molecule has 22 heavy (non-hydrogen) atoms. The van der Waals surface area contributed by atoms with Crippen molar-refractivity contribution in [3.63, 3.8) is 0 Å². The van der Waals surface area contributed by atoms with E-state index in [0.29, 0.717) is 0 Å². The molecule has 0 spiro atoms. The monoisotopic (exact) mass is 327 g/mol. The van der Waals surface area contributed by atoms with Gasteiger partial charge < -0.3 is 5.32 Å². The van der Waals surface area contributed by atoms with Crippen molar-refractivity contribution >= 4 is 23.5 Å². The van der Waals surface area contributed by atoms with E-state index in [1.165, 1.54) is 42.6 Å². The van der Waals surface area contributed by atoms with Gasteiger partial charge in [0.1, 0.15) is 5.84 Å². The standard InChI is InChI=1S/C14H9ClF3N3O/c15-10-6-7-11-19-13(14(16,17)18,9-4-2-1-3-5-9)20-12(22)21(11)8-10/h1-8H,(H,20,22). The summed E-state index contributed by atoms with van der Waals surface area (Å²) in [5.41, 5.74) is -2.99. The molecular weight excluding hydrogens is 319 g/mol. The lowest BCUT2D eigenvalue weighted by atomic mass is 9.98. The maximum atomic E-state index is 13.7. The Balaban J connectivity index is 2.20. The van der Waals surface area contributed by atoms with Gasteiger partial charge in [-0.15, -0.1) is 0 Å². The van der Waals surface area contributed by atoms with Crippen LogP contribution in [-0.4, -0.2) is 22.9 Å². The van der Waals surface area contributed by atoms with Gasteiger partial charge in [0.2, 0.25) is 0 Å². The van der Waals surface area contributed by atoms with Gasteiger partial charge in [0, 0.05) is 11.8 Å². The van der Waals surface area contributed by atoms with Crippen LogP contribution in [0, 0.1) is 0 Å². The number of amidine groups is 1. The molecule has 2 heterocycles. The zero-order valence-electron chi connectivity index (χ0n) is 10.9. The van der Waals surface area contributed by atoms with Crippen LogP contribution in [0.1, 0.15) is 5.56 Å². The molecule has 1 atom stereocenters. The summed E-state index contributed by atoms with van der Waals surface area (Å²) in [6.07, 6.45) is -0.949. The molecule has 0 aromatic heterocycles. The van der Waals surface area contributed by atoms with Gasteiger partial charge in [-0.1, -0.05) is 41.9 Å². The molecule has 0 fully saturated rings. The molecule has 0 saturated heterocycles. The number of carbonyl (C=O) groups is 1. The first-order chi connectivity index (χ1) is 10.3. The molecule has 2 aliphatic heterocycles. The van der Waals surface area contributed by atoms with Gasteiger partial charge in [-0.3, -0.25) is 4.90 Å². The lowest BCUT2D eigenvalue weighted by Crippen LogP contribution is -2.62.